The Kier molecular flexibility index (Phi) is 10.8. The molecule has 0 bridgehead atoms. The van der Waals surface area contributed by atoms with Crippen LogP contribution < -0.4 is 26.8 Å². The van der Waals surface area contributed by atoms with E-state index in [1.807, 2.05) is 0 Å². The molecule has 0 fully saturated rings. The van der Waals surface area contributed by atoms with Crippen molar-refractivity contribution >= 4 is 30.4 Å². The summed E-state index contributed by atoms with van der Waals surface area (Å²) in [5.41, 5.74) is -1.07. The maximum Gasteiger partial charge on any atom is 0.306 e. The molecule has 0 unspecified atom stereocenters. The second-order valence-corrected chi connectivity index (χ2v) is 15.0. The minimum atomic E-state index is -4.37. The Bertz CT molecular complexity index is 2270. The number of halogens is 5. The molecule has 4 aromatic carbocycles. The molecule has 0 aliphatic carbocycles. The van der Waals surface area contributed by atoms with E-state index in [4.69, 9.17) is 26.8 Å². The van der Waals surface area contributed by atoms with Crippen LogP contribution in [-0.2, 0) is 37.0 Å². The third kappa shape index (κ3) is 8.66. The van der Waals surface area contributed by atoms with Gasteiger partial charge in [-0.05, 0) is 41.5 Å². The van der Waals surface area contributed by atoms with E-state index in [2.05, 4.69) is 0 Å². The Morgan fingerprint density at radius 1 is 0.540 bits per heavy atom. The van der Waals surface area contributed by atoms with E-state index in [1.54, 1.807) is 0 Å². The summed E-state index contributed by atoms with van der Waals surface area (Å²) in [6.07, 6.45) is 2.21. The van der Waals surface area contributed by atoms with Crippen molar-refractivity contribution in [3.05, 3.63) is 83.2 Å². The molecule has 0 radical (unpaired) electrons. The Morgan fingerprint density at radius 3 is 1.56 bits per heavy atom. The van der Waals surface area contributed by atoms with Crippen LogP contribution in [0.25, 0.3) is 22.3 Å². The van der Waals surface area contributed by atoms with Crippen LogP contribution in [0, 0.1) is 29.1 Å². The molecule has 270 valence electrons. The highest BCUT2D eigenvalue weighted by Gasteiger charge is 2.29. The second kappa shape index (κ2) is 14.2. The van der Waals surface area contributed by atoms with Gasteiger partial charge in [-0.15, -0.1) is 0 Å². The Morgan fingerprint density at radius 2 is 1.06 bits per heavy atom. The van der Waals surface area contributed by atoms with E-state index in [0.29, 0.717) is 11.8 Å². The van der Waals surface area contributed by atoms with Crippen molar-refractivity contribution in [3.8, 4) is 56.8 Å². The molecule has 4 rings (SSSR count). The summed E-state index contributed by atoms with van der Waals surface area (Å²) < 4.78 is 173. The van der Waals surface area contributed by atoms with Gasteiger partial charge >= 0.3 is 30.4 Å². The average Bonchev–Trinajstić information content (AvgIpc) is 3.01. The summed E-state index contributed by atoms with van der Waals surface area (Å²) in [6, 6.07) is 10.0. The van der Waals surface area contributed by atoms with Gasteiger partial charge in [0.2, 0.25) is 5.82 Å². The molecule has 0 N–H and O–H groups in total. The second-order valence-electron chi connectivity index (χ2n) is 10.2. The molecule has 0 saturated heterocycles. The largest absolute Gasteiger partial charge is 0.496 e. The lowest BCUT2D eigenvalue weighted by molar-refractivity contribution is 0.272. The molecule has 0 aromatic heterocycles. The zero-order valence-electron chi connectivity index (χ0n) is 26.3. The minimum Gasteiger partial charge on any atom is -0.496 e. The van der Waals surface area contributed by atoms with Gasteiger partial charge in [-0.25, -0.2) is 22.0 Å². The first kappa shape index (κ1) is 38.0. The van der Waals surface area contributed by atoms with E-state index < -0.39 is 88.9 Å². The predicted molar refractivity (Wildman–Crippen MR) is 167 cm³/mol. The maximum absolute atomic E-state index is 14.3. The molecule has 0 amide bonds. The van der Waals surface area contributed by atoms with Crippen LogP contribution in [0.15, 0.2) is 48.5 Å². The van der Waals surface area contributed by atoms with Gasteiger partial charge in [0.15, 0.2) is 46.3 Å². The van der Waals surface area contributed by atoms with Gasteiger partial charge in [0.05, 0.1) is 44.1 Å². The van der Waals surface area contributed by atoms with Crippen LogP contribution >= 0.6 is 0 Å². The van der Waals surface area contributed by atoms with Crippen LogP contribution in [0.1, 0.15) is 5.56 Å². The van der Waals surface area contributed by atoms with E-state index in [0.717, 1.165) is 24.6 Å². The predicted octanol–water partition coefficient (Wildman–Crippen LogP) is 5.33. The SMILES string of the molecule is COc1cc(-c2ccc(OS(C)(=O)=O)cc2)c(OC)c(OS(C)(=O)=O)c1-c1ccc(OCc2c(F)c(F)c(F)c(F)c2F)c(OS(C)(=O)=O)c1. The fourth-order valence-electron chi connectivity index (χ4n) is 4.50. The Labute approximate surface area is 283 Å². The molecule has 12 nitrogen and oxygen atoms in total. The standard InChI is InChI=1S/C30H25F5O12S3/c1-42-22-13-18(15-6-9-17(10-7-15)45-48(3,36)37)29(43-2)30(47-50(5,40)41)23(22)16-8-11-20(21(12-16)46-49(4,38)39)44-14-19-24(31)26(33)28(35)27(34)25(19)32/h6-13H,14H2,1-5H3. The lowest BCUT2D eigenvalue weighted by Crippen LogP contribution is -2.11. The Hall–Kier alpha value is -4.82. The summed E-state index contributed by atoms with van der Waals surface area (Å²) in [5, 5.41) is 0. The number of hydrogen-bond acceptors (Lipinski definition) is 12. The van der Waals surface area contributed by atoms with Crippen molar-refractivity contribution in [3.63, 3.8) is 0 Å². The van der Waals surface area contributed by atoms with Crippen LogP contribution in [0.5, 0.6) is 34.5 Å². The summed E-state index contributed by atoms with van der Waals surface area (Å²) in [4.78, 5) is 0. The van der Waals surface area contributed by atoms with Crippen molar-refractivity contribution in [2.45, 2.75) is 6.61 Å². The topological polar surface area (TPSA) is 158 Å². The third-order valence-electron chi connectivity index (χ3n) is 6.42. The lowest BCUT2D eigenvalue weighted by Gasteiger charge is -2.21. The van der Waals surface area contributed by atoms with Crippen LogP contribution in [0.2, 0.25) is 0 Å². The van der Waals surface area contributed by atoms with Gasteiger partial charge in [0.25, 0.3) is 0 Å². The van der Waals surface area contributed by atoms with E-state index in [-0.39, 0.29) is 33.9 Å². The van der Waals surface area contributed by atoms with E-state index in [9.17, 15) is 47.2 Å². The molecule has 50 heavy (non-hydrogen) atoms. The van der Waals surface area contributed by atoms with Crippen LogP contribution in [0.4, 0.5) is 22.0 Å². The molecule has 0 heterocycles. The van der Waals surface area contributed by atoms with Crippen molar-refractivity contribution in [1.82, 2.24) is 0 Å². The van der Waals surface area contributed by atoms with Gasteiger partial charge < -0.3 is 26.8 Å². The van der Waals surface area contributed by atoms with Gasteiger partial charge in [-0.1, -0.05) is 18.2 Å². The van der Waals surface area contributed by atoms with Gasteiger partial charge in [-0.3, -0.25) is 0 Å². The smallest absolute Gasteiger partial charge is 0.306 e. The molecule has 0 aliphatic heterocycles. The quantitative estimate of drug-likeness (QED) is 0.0747. The number of benzene rings is 4. The minimum absolute atomic E-state index is 0.0349. The van der Waals surface area contributed by atoms with Crippen molar-refractivity contribution in [2.75, 3.05) is 33.0 Å². The monoisotopic (exact) mass is 768 g/mol. The molecule has 0 atom stereocenters. The third-order valence-corrected chi connectivity index (χ3v) is 7.86. The number of rotatable bonds is 13. The first-order valence-corrected chi connectivity index (χ1v) is 18.9. The molecular weight excluding hydrogens is 744 g/mol. The molecule has 4 aromatic rings. The highest BCUT2D eigenvalue weighted by Crippen LogP contribution is 2.52. The Balaban J connectivity index is 1.92. The van der Waals surface area contributed by atoms with Crippen molar-refractivity contribution in [1.29, 1.82) is 0 Å². The fraction of sp³-hybridized carbons (Fsp3) is 0.200. The molecule has 0 saturated carbocycles. The van der Waals surface area contributed by atoms with Crippen molar-refractivity contribution < 1.29 is 74.0 Å². The van der Waals surface area contributed by atoms with Crippen molar-refractivity contribution in [2.24, 2.45) is 0 Å². The van der Waals surface area contributed by atoms with Crippen LogP contribution in [0.3, 0.4) is 0 Å². The zero-order valence-corrected chi connectivity index (χ0v) is 28.8. The summed E-state index contributed by atoms with van der Waals surface area (Å²) in [5.74, 6) is -13.2. The van der Waals surface area contributed by atoms with E-state index >= 15 is 0 Å². The molecule has 0 spiro atoms. The highest BCUT2D eigenvalue weighted by molar-refractivity contribution is 7.86. The van der Waals surface area contributed by atoms with Crippen LogP contribution in [-0.4, -0.2) is 58.2 Å². The first-order chi connectivity index (χ1) is 23.1. The average molecular weight is 769 g/mol. The number of methoxy groups -OCH3 is 2. The van der Waals surface area contributed by atoms with Gasteiger partial charge in [0, 0.05) is 5.56 Å². The summed E-state index contributed by atoms with van der Waals surface area (Å²) in [7, 11) is -10.2. The number of hydrogen-bond donors (Lipinski definition) is 0. The summed E-state index contributed by atoms with van der Waals surface area (Å²) in [6.45, 7) is -1.27. The zero-order chi connectivity index (χ0) is 37.3. The van der Waals surface area contributed by atoms with E-state index in [1.165, 1.54) is 50.6 Å². The lowest BCUT2D eigenvalue weighted by atomic mass is 9.96. The highest BCUT2D eigenvalue weighted by atomic mass is 32.2. The molecule has 0 aliphatic rings. The maximum atomic E-state index is 14.3. The first-order valence-electron chi connectivity index (χ1n) is 13.5. The summed E-state index contributed by atoms with van der Waals surface area (Å²) >= 11 is 0. The van der Waals surface area contributed by atoms with Gasteiger partial charge in [0.1, 0.15) is 18.1 Å². The molecule has 20 heteroatoms. The van der Waals surface area contributed by atoms with Gasteiger partial charge in [-0.2, -0.15) is 25.3 Å². The number of ether oxygens (including phenoxy) is 3. The molecular formula is C30H25F5O12S3. The fourth-order valence-corrected chi connectivity index (χ4v) is 5.88. The normalized spacial score (nSPS) is 12.0.